The van der Waals surface area contributed by atoms with E-state index >= 15 is 8.78 Å². The topological polar surface area (TPSA) is 87.7 Å². The van der Waals surface area contributed by atoms with E-state index in [9.17, 15) is 13.2 Å². The van der Waals surface area contributed by atoms with Crippen molar-refractivity contribution in [2.45, 2.75) is 49.0 Å². The van der Waals surface area contributed by atoms with Gasteiger partial charge in [0.2, 0.25) is 15.9 Å². The molecule has 1 saturated carbocycles. The lowest BCUT2D eigenvalue weighted by Gasteiger charge is -2.34. The van der Waals surface area contributed by atoms with Gasteiger partial charge in [-0.05, 0) is 66.3 Å². The van der Waals surface area contributed by atoms with Gasteiger partial charge in [0, 0.05) is 36.8 Å². The van der Waals surface area contributed by atoms with E-state index in [-0.39, 0.29) is 18.0 Å². The van der Waals surface area contributed by atoms with Gasteiger partial charge in [-0.25, -0.2) is 8.42 Å². The van der Waals surface area contributed by atoms with Crippen molar-refractivity contribution in [2.75, 3.05) is 32.8 Å². The predicted octanol–water partition coefficient (Wildman–Crippen LogP) is 5.84. The summed E-state index contributed by atoms with van der Waals surface area (Å²) in [6.45, 7) is 1.78. The summed E-state index contributed by atoms with van der Waals surface area (Å²) in [7, 11) is -4.50. The Hall–Kier alpha value is -3.05. The molecule has 3 aromatic rings. The highest BCUT2D eigenvalue weighted by atomic mass is 35.5. The average molecular weight is 632 g/mol. The minimum atomic E-state index is -4.50. The number of alkyl halides is 2. The van der Waals surface area contributed by atoms with E-state index in [1.165, 1.54) is 72.7 Å². The Morgan fingerprint density at radius 3 is 2.12 bits per heavy atom. The third-order valence-electron chi connectivity index (χ3n) is 8.10. The molecule has 1 aliphatic heterocycles. The van der Waals surface area contributed by atoms with Crippen molar-refractivity contribution in [3.8, 4) is 16.9 Å². The molecule has 1 heterocycles. The molecule has 0 radical (unpaired) electrons. The Bertz CT molecular complexity index is 1470. The first-order valence-electron chi connectivity index (χ1n) is 14.6. The van der Waals surface area contributed by atoms with Crippen molar-refractivity contribution in [2.24, 2.45) is 5.92 Å². The number of nitrogens with zero attached hydrogens (tertiary/aromatic N) is 1. The molecule has 2 fully saturated rings. The molecule has 0 bridgehead atoms. The van der Waals surface area contributed by atoms with Crippen LogP contribution in [0.15, 0.2) is 77.7 Å². The maximum Gasteiger partial charge on any atom is 0.298 e. The fourth-order valence-corrected chi connectivity index (χ4v) is 6.86. The number of rotatable bonds is 10. The second-order valence-electron chi connectivity index (χ2n) is 11.1. The first-order valence-corrected chi connectivity index (χ1v) is 16.5. The van der Waals surface area contributed by atoms with Gasteiger partial charge in [-0.2, -0.15) is 13.5 Å². The van der Waals surface area contributed by atoms with Gasteiger partial charge in [0.05, 0.1) is 11.5 Å². The van der Waals surface area contributed by atoms with E-state index in [2.05, 4.69) is 10.0 Å². The highest BCUT2D eigenvalue weighted by Crippen LogP contribution is 2.35. The lowest BCUT2D eigenvalue weighted by Crippen LogP contribution is -2.59. The zero-order valence-corrected chi connectivity index (χ0v) is 25.3. The summed E-state index contributed by atoms with van der Waals surface area (Å²) in [6.07, 6.45) is 5.82. The normalized spacial score (nSPS) is 17.4. The maximum atomic E-state index is 16.2. The van der Waals surface area contributed by atoms with Gasteiger partial charge in [0.25, 0.3) is 5.92 Å². The number of amides is 1. The van der Waals surface area contributed by atoms with E-state index in [1.54, 1.807) is 24.3 Å². The van der Waals surface area contributed by atoms with Crippen LogP contribution >= 0.6 is 11.6 Å². The number of nitrogens with one attached hydrogen (secondary N) is 2. The van der Waals surface area contributed by atoms with Crippen LogP contribution in [0.25, 0.3) is 11.1 Å². The zero-order valence-electron chi connectivity index (χ0n) is 23.8. The van der Waals surface area contributed by atoms with E-state index in [1.807, 2.05) is 0 Å². The van der Waals surface area contributed by atoms with Crippen LogP contribution in [0.3, 0.4) is 0 Å². The van der Waals surface area contributed by atoms with Crippen molar-refractivity contribution >= 4 is 27.5 Å². The Morgan fingerprint density at radius 2 is 1.51 bits per heavy atom. The number of hydrogen-bond donors (Lipinski definition) is 2. The minimum absolute atomic E-state index is 0.190. The smallest absolute Gasteiger partial charge is 0.298 e. The number of sulfonamides is 1. The molecular formula is C32H36ClF2N3O4S. The molecule has 1 amide bonds. The quantitative estimate of drug-likeness (QED) is 0.294. The van der Waals surface area contributed by atoms with Gasteiger partial charge >= 0.3 is 0 Å². The molecule has 1 aliphatic carbocycles. The number of ether oxygens (including phenoxy) is 1. The van der Waals surface area contributed by atoms with Gasteiger partial charge in [-0.15, -0.1) is 0 Å². The van der Waals surface area contributed by atoms with Crippen LogP contribution in [0.5, 0.6) is 5.75 Å². The summed E-state index contributed by atoms with van der Waals surface area (Å²) in [6, 6.07) is 15.7. The Morgan fingerprint density at radius 1 is 0.930 bits per heavy atom. The summed E-state index contributed by atoms with van der Waals surface area (Å²) in [5.74, 6) is -3.86. The molecule has 0 unspecified atom stereocenters. The van der Waals surface area contributed by atoms with Gasteiger partial charge in [0.1, 0.15) is 5.75 Å². The molecule has 0 aromatic heterocycles. The van der Waals surface area contributed by atoms with Crippen molar-refractivity contribution < 1.29 is 26.7 Å². The van der Waals surface area contributed by atoms with Crippen LogP contribution < -0.4 is 14.8 Å². The Kier molecular flexibility index (Phi) is 10.0. The Labute approximate surface area is 256 Å². The molecule has 43 heavy (non-hydrogen) atoms. The van der Waals surface area contributed by atoms with E-state index in [4.69, 9.17) is 16.3 Å². The van der Waals surface area contributed by atoms with Crippen LogP contribution in [0.1, 0.15) is 37.7 Å². The predicted molar refractivity (Wildman–Crippen MR) is 163 cm³/mol. The first kappa shape index (κ1) is 31.4. The molecular weight excluding hydrogens is 596 g/mol. The summed E-state index contributed by atoms with van der Waals surface area (Å²) < 4.78 is 67.1. The van der Waals surface area contributed by atoms with Crippen LogP contribution in [0.2, 0.25) is 5.02 Å². The summed E-state index contributed by atoms with van der Waals surface area (Å²) in [4.78, 5) is 14.5. The molecule has 0 spiro atoms. The van der Waals surface area contributed by atoms with Gasteiger partial charge in [-0.3, -0.25) is 4.79 Å². The molecule has 230 valence electrons. The highest BCUT2D eigenvalue weighted by Gasteiger charge is 2.49. The minimum Gasteiger partial charge on any atom is -0.493 e. The SMILES string of the molecule is O=C([C@H](NS(=O)(=O)c1ccc(OCC2CCCCC2)cc1)C(F)(F)c1ccc(-c2ccc(Cl)cc2)cc1)N1CCNCC1. The van der Waals surface area contributed by atoms with Crippen LogP contribution in [0.4, 0.5) is 8.78 Å². The number of hydrogen-bond acceptors (Lipinski definition) is 5. The molecule has 11 heteroatoms. The van der Waals surface area contributed by atoms with Crippen LogP contribution in [0, 0.1) is 5.92 Å². The number of carbonyl (C=O) groups excluding carboxylic acids is 1. The fourth-order valence-electron chi connectivity index (χ4n) is 5.55. The van der Waals surface area contributed by atoms with Crippen molar-refractivity contribution in [3.05, 3.63) is 83.4 Å². The van der Waals surface area contributed by atoms with Crippen LogP contribution in [-0.4, -0.2) is 58.1 Å². The van der Waals surface area contributed by atoms with Crippen molar-refractivity contribution in [1.29, 1.82) is 0 Å². The third kappa shape index (κ3) is 7.73. The number of halogens is 3. The van der Waals surface area contributed by atoms with Gasteiger partial charge in [0.15, 0.2) is 6.04 Å². The summed E-state index contributed by atoms with van der Waals surface area (Å²) in [5, 5.41) is 3.63. The second-order valence-corrected chi connectivity index (χ2v) is 13.3. The summed E-state index contributed by atoms with van der Waals surface area (Å²) in [5.41, 5.74) is 0.972. The second kappa shape index (κ2) is 13.7. The monoisotopic (exact) mass is 631 g/mol. The zero-order chi connectivity index (χ0) is 30.5. The summed E-state index contributed by atoms with van der Waals surface area (Å²) >= 11 is 5.96. The molecule has 5 rings (SSSR count). The van der Waals surface area contributed by atoms with E-state index < -0.39 is 33.5 Å². The molecule has 2 N–H and O–H groups in total. The third-order valence-corrected chi connectivity index (χ3v) is 9.79. The lowest BCUT2D eigenvalue weighted by molar-refractivity contribution is -0.144. The van der Waals surface area contributed by atoms with Crippen LogP contribution in [-0.2, 0) is 20.7 Å². The highest BCUT2D eigenvalue weighted by molar-refractivity contribution is 7.89. The van der Waals surface area contributed by atoms with E-state index in [0.717, 1.165) is 18.4 Å². The molecule has 1 saturated heterocycles. The van der Waals surface area contributed by atoms with Crippen molar-refractivity contribution in [1.82, 2.24) is 14.9 Å². The standard InChI is InChI=1S/C32H36ClF2N3O4S/c33-27-12-8-25(9-13-27)24-6-10-26(11-7-24)32(34,35)30(31(39)38-20-18-36-19-21-38)37-43(40,41)29-16-14-28(15-17-29)42-22-23-4-2-1-3-5-23/h6-17,23,30,36-37H,1-5,18-22H2/t30-/m0/s1. The molecule has 7 nitrogen and oxygen atoms in total. The first-order chi connectivity index (χ1) is 20.6. The Balaban J connectivity index is 1.36. The molecule has 1 atom stereocenters. The van der Waals surface area contributed by atoms with E-state index in [0.29, 0.717) is 41.9 Å². The fraction of sp³-hybridized carbons (Fsp3) is 0.406. The van der Waals surface area contributed by atoms with Gasteiger partial charge in [-0.1, -0.05) is 67.3 Å². The number of benzene rings is 3. The number of piperazine rings is 1. The van der Waals surface area contributed by atoms with Crippen molar-refractivity contribution in [3.63, 3.8) is 0 Å². The molecule has 3 aromatic carbocycles. The maximum absolute atomic E-state index is 16.2. The largest absolute Gasteiger partial charge is 0.493 e. The van der Waals surface area contributed by atoms with Gasteiger partial charge < -0.3 is 15.0 Å². The number of carbonyl (C=O) groups is 1. The average Bonchev–Trinajstić information content (AvgIpc) is 3.04. The molecule has 2 aliphatic rings. The lowest BCUT2D eigenvalue weighted by atomic mass is 9.90.